The number of hydrogen-bond donors (Lipinski definition) is 0. The smallest absolute Gasteiger partial charge is 0.181 e. The van der Waals surface area contributed by atoms with Crippen LogP contribution in [-0.4, -0.2) is 43.5 Å². The van der Waals surface area contributed by atoms with E-state index >= 15 is 0 Å². The Bertz CT molecular complexity index is 222. The number of likely N-dealkylation sites (tertiary alicyclic amines) is 1. The molecule has 0 radical (unpaired) electrons. The van der Waals surface area contributed by atoms with Crippen LogP contribution in [0.1, 0.15) is 32.1 Å². The first-order chi connectivity index (χ1) is 7.36. The SMILES string of the molecule is C1CC(CN2CCCC3(C2)OCCO3)C1. The van der Waals surface area contributed by atoms with Crippen molar-refractivity contribution in [3.63, 3.8) is 0 Å². The fraction of sp³-hybridized carbons (Fsp3) is 1.00. The van der Waals surface area contributed by atoms with Crippen molar-refractivity contribution < 1.29 is 9.47 Å². The number of hydrogen-bond acceptors (Lipinski definition) is 3. The van der Waals surface area contributed by atoms with E-state index in [0.717, 1.165) is 32.1 Å². The minimum absolute atomic E-state index is 0.220. The highest BCUT2D eigenvalue weighted by atomic mass is 16.7. The maximum absolute atomic E-state index is 5.78. The van der Waals surface area contributed by atoms with Crippen LogP contribution in [0.5, 0.6) is 0 Å². The lowest BCUT2D eigenvalue weighted by Gasteiger charge is -2.41. The zero-order valence-corrected chi connectivity index (χ0v) is 9.41. The Morgan fingerprint density at radius 1 is 1.13 bits per heavy atom. The van der Waals surface area contributed by atoms with Gasteiger partial charge in [-0.25, -0.2) is 0 Å². The molecule has 1 saturated carbocycles. The molecular formula is C12H21NO2. The number of piperidine rings is 1. The molecule has 0 aromatic carbocycles. The van der Waals surface area contributed by atoms with Gasteiger partial charge in [0.2, 0.25) is 0 Å². The van der Waals surface area contributed by atoms with Gasteiger partial charge in [-0.15, -0.1) is 0 Å². The Morgan fingerprint density at radius 3 is 2.60 bits per heavy atom. The predicted molar refractivity (Wildman–Crippen MR) is 57.7 cm³/mol. The Balaban J connectivity index is 1.55. The van der Waals surface area contributed by atoms with Crippen LogP contribution in [0.4, 0.5) is 0 Å². The lowest BCUT2D eigenvalue weighted by atomic mass is 9.84. The third-order valence-electron chi connectivity index (χ3n) is 4.05. The molecule has 0 N–H and O–H groups in total. The number of nitrogens with zero attached hydrogens (tertiary/aromatic N) is 1. The molecule has 3 rings (SSSR count). The molecule has 1 spiro atoms. The maximum Gasteiger partial charge on any atom is 0.181 e. The zero-order valence-electron chi connectivity index (χ0n) is 9.41. The second-order valence-corrected chi connectivity index (χ2v) is 5.24. The predicted octanol–water partition coefficient (Wildman–Crippen LogP) is 1.63. The summed E-state index contributed by atoms with van der Waals surface area (Å²) < 4.78 is 11.6. The average Bonchev–Trinajstić information content (AvgIpc) is 2.60. The van der Waals surface area contributed by atoms with E-state index < -0.39 is 0 Å². The van der Waals surface area contributed by atoms with Crippen LogP contribution in [0.3, 0.4) is 0 Å². The first kappa shape index (κ1) is 10.1. The van der Waals surface area contributed by atoms with Gasteiger partial charge in [-0.1, -0.05) is 6.42 Å². The van der Waals surface area contributed by atoms with Crippen LogP contribution in [0.2, 0.25) is 0 Å². The van der Waals surface area contributed by atoms with Gasteiger partial charge in [-0.2, -0.15) is 0 Å². The minimum atomic E-state index is -0.220. The van der Waals surface area contributed by atoms with Gasteiger partial charge in [0.15, 0.2) is 5.79 Å². The summed E-state index contributed by atoms with van der Waals surface area (Å²) in [5.74, 6) is 0.740. The topological polar surface area (TPSA) is 21.7 Å². The molecule has 3 heteroatoms. The summed E-state index contributed by atoms with van der Waals surface area (Å²) in [5.41, 5.74) is 0. The van der Waals surface area contributed by atoms with E-state index in [1.807, 2.05) is 0 Å². The minimum Gasteiger partial charge on any atom is -0.346 e. The van der Waals surface area contributed by atoms with Crippen molar-refractivity contribution in [1.82, 2.24) is 4.90 Å². The maximum atomic E-state index is 5.78. The molecule has 0 atom stereocenters. The molecule has 2 heterocycles. The van der Waals surface area contributed by atoms with E-state index in [1.54, 1.807) is 0 Å². The van der Waals surface area contributed by atoms with Crippen LogP contribution in [-0.2, 0) is 9.47 Å². The standard InChI is InChI=1S/C12H21NO2/c1-3-11(4-1)9-13-6-2-5-12(10-13)14-7-8-15-12/h11H,1-10H2. The van der Waals surface area contributed by atoms with Crippen LogP contribution < -0.4 is 0 Å². The molecule has 1 aliphatic carbocycles. The zero-order chi connectivity index (χ0) is 10.1. The lowest BCUT2D eigenvalue weighted by Crippen LogP contribution is -2.50. The largest absolute Gasteiger partial charge is 0.346 e. The fourth-order valence-corrected chi connectivity index (χ4v) is 3.00. The highest BCUT2D eigenvalue weighted by Gasteiger charge is 2.41. The third kappa shape index (κ3) is 2.05. The van der Waals surface area contributed by atoms with E-state index in [1.165, 1.54) is 38.8 Å². The second kappa shape index (κ2) is 4.04. The first-order valence-electron chi connectivity index (χ1n) is 6.37. The van der Waals surface area contributed by atoms with Crippen LogP contribution >= 0.6 is 0 Å². The van der Waals surface area contributed by atoms with Gasteiger partial charge in [0.05, 0.1) is 19.8 Å². The van der Waals surface area contributed by atoms with Crippen LogP contribution in [0.25, 0.3) is 0 Å². The molecule has 0 aromatic heterocycles. The highest BCUT2D eigenvalue weighted by molar-refractivity contribution is 4.85. The van der Waals surface area contributed by atoms with Gasteiger partial charge in [0.1, 0.15) is 0 Å². The van der Waals surface area contributed by atoms with Crippen LogP contribution in [0.15, 0.2) is 0 Å². The summed E-state index contributed by atoms with van der Waals surface area (Å²) in [6, 6.07) is 0. The van der Waals surface area contributed by atoms with Crippen molar-refractivity contribution >= 4 is 0 Å². The lowest BCUT2D eigenvalue weighted by molar-refractivity contribution is -0.190. The van der Waals surface area contributed by atoms with Gasteiger partial charge >= 0.3 is 0 Å². The molecule has 2 saturated heterocycles. The summed E-state index contributed by atoms with van der Waals surface area (Å²) in [6.07, 6.45) is 6.63. The van der Waals surface area contributed by atoms with E-state index in [9.17, 15) is 0 Å². The molecular weight excluding hydrogens is 190 g/mol. The Morgan fingerprint density at radius 2 is 1.93 bits per heavy atom. The van der Waals surface area contributed by atoms with Gasteiger partial charge in [0, 0.05) is 13.0 Å². The Labute approximate surface area is 91.7 Å². The summed E-state index contributed by atoms with van der Waals surface area (Å²) in [4.78, 5) is 2.55. The van der Waals surface area contributed by atoms with Crippen LogP contribution in [0, 0.1) is 5.92 Å². The molecule has 3 fully saturated rings. The van der Waals surface area contributed by atoms with Gasteiger partial charge in [0.25, 0.3) is 0 Å². The summed E-state index contributed by atoms with van der Waals surface area (Å²) in [5, 5.41) is 0. The summed E-state index contributed by atoms with van der Waals surface area (Å²) in [6.45, 7) is 5.09. The summed E-state index contributed by atoms with van der Waals surface area (Å²) in [7, 11) is 0. The number of ether oxygens (including phenoxy) is 2. The molecule has 3 nitrogen and oxygen atoms in total. The van der Waals surface area contributed by atoms with Crippen molar-refractivity contribution in [3.05, 3.63) is 0 Å². The molecule has 86 valence electrons. The molecule has 0 amide bonds. The van der Waals surface area contributed by atoms with Crippen molar-refractivity contribution in [1.29, 1.82) is 0 Å². The van der Waals surface area contributed by atoms with E-state index in [0.29, 0.717) is 0 Å². The van der Waals surface area contributed by atoms with E-state index in [2.05, 4.69) is 4.90 Å². The van der Waals surface area contributed by atoms with E-state index in [4.69, 9.17) is 9.47 Å². The molecule has 15 heavy (non-hydrogen) atoms. The Hall–Kier alpha value is -0.120. The quantitative estimate of drug-likeness (QED) is 0.693. The molecule has 0 bridgehead atoms. The van der Waals surface area contributed by atoms with E-state index in [-0.39, 0.29) is 5.79 Å². The van der Waals surface area contributed by atoms with Crippen molar-refractivity contribution in [2.24, 2.45) is 5.92 Å². The third-order valence-corrected chi connectivity index (χ3v) is 4.05. The first-order valence-corrected chi connectivity index (χ1v) is 6.37. The molecule has 0 unspecified atom stereocenters. The monoisotopic (exact) mass is 211 g/mol. The normalized spacial score (nSPS) is 32.0. The Kier molecular flexibility index (Phi) is 2.71. The molecule has 0 aromatic rings. The van der Waals surface area contributed by atoms with Gasteiger partial charge < -0.3 is 9.47 Å². The van der Waals surface area contributed by atoms with Crippen molar-refractivity contribution in [2.75, 3.05) is 32.8 Å². The molecule has 3 aliphatic rings. The average molecular weight is 211 g/mol. The van der Waals surface area contributed by atoms with Crippen molar-refractivity contribution in [3.8, 4) is 0 Å². The highest BCUT2D eigenvalue weighted by Crippen LogP contribution is 2.33. The van der Waals surface area contributed by atoms with Gasteiger partial charge in [-0.3, -0.25) is 4.90 Å². The summed E-state index contributed by atoms with van der Waals surface area (Å²) >= 11 is 0. The van der Waals surface area contributed by atoms with Gasteiger partial charge in [-0.05, 0) is 31.7 Å². The fourth-order valence-electron chi connectivity index (χ4n) is 3.00. The number of rotatable bonds is 2. The van der Waals surface area contributed by atoms with Crippen molar-refractivity contribution in [2.45, 2.75) is 37.9 Å². The molecule has 2 aliphatic heterocycles. The second-order valence-electron chi connectivity index (χ2n) is 5.24.